The molecule has 0 aliphatic rings. The van der Waals surface area contributed by atoms with E-state index in [0.717, 1.165) is 6.26 Å². The number of anilines is 2. The van der Waals surface area contributed by atoms with E-state index in [4.69, 9.17) is 0 Å². The van der Waals surface area contributed by atoms with Gasteiger partial charge in [-0.1, -0.05) is 0 Å². The number of benzene rings is 1. The van der Waals surface area contributed by atoms with Crippen LogP contribution in [0.3, 0.4) is 0 Å². The van der Waals surface area contributed by atoms with Crippen molar-refractivity contribution in [2.24, 2.45) is 0 Å². The van der Waals surface area contributed by atoms with E-state index >= 15 is 0 Å². The van der Waals surface area contributed by atoms with Crippen molar-refractivity contribution in [2.45, 2.75) is 4.90 Å². The predicted octanol–water partition coefficient (Wildman–Crippen LogP) is 1.44. The van der Waals surface area contributed by atoms with Crippen molar-refractivity contribution in [1.29, 1.82) is 0 Å². The number of hydrogen-bond donors (Lipinski definition) is 1. The molecular formula is C12H11N3O3S. The van der Waals surface area contributed by atoms with E-state index in [0.29, 0.717) is 17.8 Å². The van der Waals surface area contributed by atoms with Crippen molar-refractivity contribution >= 4 is 27.6 Å². The molecule has 1 N–H and O–H groups in total. The van der Waals surface area contributed by atoms with Crippen molar-refractivity contribution in [3.63, 3.8) is 0 Å². The van der Waals surface area contributed by atoms with Gasteiger partial charge in [0.15, 0.2) is 16.1 Å². The van der Waals surface area contributed by atoms with Gasteiger partial charge in [0.2, 0.25) is 0 Å². The van der Waals surface area contributed by atoms with Crippen LogP contribution in [0.4, 0.5) is 11.5 Å². The van der Waals surface area contributed by atoms with Crippen LogP contribution in [0.25, 0.3) is 0 Å². The molecule has 6 nitrogen and oxygen atoms in total. The summed E-state index contributed by atoms with van der Waals surface area (Å²) >= 11 is 0. The first-order valence-electron chi connectivity index (χ1n) is 5.33. The highest BCUT2D eigenvalue weighted by atomic mass is 32.2. The lowest BCUT2D eigenvalue weighted by Crippen LogP contribution is -1.99. The van der Waals surface area contributed by atoms with E-state index in [-0.39, 0.29) is 10.6 Å². The van der Waals surface area contributed by atoms with Crippen LogP contribution < -0.4 is 5.32 Å². The third kappa shape index (κ3) is 3.35. The van der Waals surface area contributed by atoms with Gasteiger partial charge in [-0.15, -0.1) is 0 Å². The molecule has 0 aliphatic carbocycles. The molecule has 98 valence electrons. The molecule has 1 heterocycles. The monoisotopic (exact) mass is 277 g/mol. The van der Waals surface area contributed by atoms with Gasteiger partial charge in [0.1, 0.15) is 17.8 Å². The number of hydrogen-bond acceptors (Lipinski definition) is 6. The second kappa shape index (κ2) is 5.15. The molecule has 0 radical (unpaired) electrons. The number of carbonyl (C=O) groups is 1. The average molecular weight is 277 g/mol. The minimum Gasteiger partial charge on any atom is -0.340 e. The largest absolute Gasteiger partial charge is 0.340 e. The highest BCUT2D eigenvalue weighted by Crippen LogP contribution is 2.17. The molecule has 0 amide bonds. The van der Waals surface area contributed by atoms with Crippen LogP contribution >= 0.6 is 0 Å². The maximum atomic E-state index is 11.3. The zero-order valence-corrected chi connectivity index (χ0v) is 10.9. The Balaban J connectivity index is 2.22. The normalized spacial score (nSPS) is 11.0. The van der Waals surface area contributed by atoms with Gasteiger partial charge in [-0.2, -0.15) is 0 Å². The Hall–Kier alpha value is -2.28. The number of aldehydes is 1. The van der Waals surface area contributed by atoms with E-state index in [9.17, 15) is 13.2 Å². The second-order valence-electron chi connectivity index (χ2n) is 3.87. The lowest BCUT2D eigenvalue weighted by atomic mass is 10.3. The van der Waals surface area contributed by atoms with Gasteiger partial charge in [-0.05, 0) is 24.3 Å². The zero-order chi connectivity index (χ0) is 13.9. The maximum Gasteiger partial charge on any atom is 0.175 e. The van der Waals surface area contributed by atoms with Gasteiger partial charge in [-0.25, -0.2) is 18.4 Å². The second-order valence-corrected chi connectivity index (χ2v) is 5.88. The van der Waals surface area contributed by atoms with Gasteiger partial charge in [0.05, 0.1) is 4.90 Å². The van der Waals surface area contributed by atoms with Crippen molar-refractivity contribution in [3.05, 3.63) is 42.4 Å². The summed E-state index contributed by atoms with van der Waals surface area (Å²) in [5.74, 6) is 0.462. The number of sulfone groups is 1. The fourth-order valence-corrected chi connectivity index (χ4v) is 2.07. The van der Waals surface area contributed by atoms with Crippen LogP contribution in [0.1, 0.15) is 10.5 Å². The smallest absolute Gasteiger partial charge is 0.175 e. The Bertz CT molecular complexity index is 696. The SMILES string of the molecule is CS(=O)(=O)c1ccc(Nc2cc(C=O)ncn2)cc1. The summed E-state index contributed by atoms with van der Waals surface area (Å²) in [5.41, 5.74) is 0.938. The quantitative estimate of drug-likeness (QED) is 0.850. The van der Waals surface area contributed by atoms with Crippen molar-refractivity contribution in [3.8, 4) is 0 Å². The van der Waals surface area contributed by atoms with Gasteiger partial charge < -0.3 is 5.32 Å². The molecule has 0 aliphatic heterocycles. The lowest BCUT2D eigenvalue weighted by Gasteiger charge is -2.06. The molecule has 0 bridgehead atoms. The van der Waals surface area contributed by atoms with Gasteiger partial charge in [-0.3, -0.25) is 4.79 Å². The molecule has 0 fully saturated rings. The predicted molar refractivity (Wildman–Crippen MR) is 70.3 cm³/mol. The van der Waals surface area contributed by atoms with Gasteiger partial charge >= 0.3 is 0 Å². The summed E-state index contributed by atoms with van der Waals surface area (Å²) in [6.07, 6.45) is 3.05. The summed E-state index contributed by atoms with van der Waals surface area (Å²) in [4.78, 5) is 18.5. The summed E-state index contributed by atoms with van der Waals surface area (Å²) in [5, 5.41) is 2.95. The Kier molecular flexibility index (Phi) is 3.57. The summed E-state index contributed by atoms with van der Waals surface area (Å²) in [7, 11) is -3.20. The van der Waals surface area contributed by atoms with Crippen LogP contribution in [0.5, 0.6) is 0 Å². The van der Waals surface area contributed by atoms with Crippen molar-refractivity contribution in [1.82, 2.24) is 9.97 Å². The summed E-state index contributed by atoms with van der Waals surface area (Å²) in [6, 6.07) is 7.74. The molecule has 0 saturated heterocycles. The Morgan fingerprint density at radius 2 is 1.84 bits per heavy atom. The first-order chi connectivity index (χ1) is 8.99. The third-order valence-corrected chi connectivity index (χ3v) is 3.49. The molecule has 2 rings (SSSR count). The van der Waals surface area contributed by atoms with Crippen LogP contribution in [-0.2, 0) is 9.84 Å². The standard InChI is InChI=1S/C12H11N3O3S/c1-19(17,18)11-4-2-9(3-5-11)15-12-6-10(7-16)13-8-14-12/h2-8H,1H3,(H,13,14,15). The summed E-state index contributed by atoms with van der Waals surface area (Å²) < 4.78 is 22.6. The molecule has 0 unspecified atom stereocenters. The highest BCUT2D eigenvalue weighted by Gasteiger charge is 2.06. The van der Waals surface area contributed by atoms with E-state index in [1.807, 2.05) is 0 Å². The van der Waals surface area contributed by atoms with Crippen molar-refractivity contribution in [2.75, 3.05) is 11.6 Å². The highest BCUT2D eigenvalue weighted by molar-refractivity contribution is 7.90. The maximum absolute atomic E-state index is 11.3. The third-order valence-electron chi connectivity index (χ3n) is 2.36. The molecule has 0 saturated carbocycles. The molecule has 0 atom stereocenters. The van der Waals surface area contributed by atoms with Crippen molar-refractivity contribution < 1.29 is 13.2 Å². The zero-order valence-electron chi connectivity index (χ0n) is 10.1. The molecule has 2 aromatic rings. The van der Waals surface area contributed by atoms with Crippen LogP contribution in [0.15, 0.2) is 41.6 Å². The Morgan fingerprint density at radius 1 is 1.16 bits per heavy atom. The van der Waals surface area contributed by atoms with Gasteiger partial charge in [0, 0.05) is 18.0 Å². The number of aromatic nitrogens is 2. The van der Waals surface area contributed by atoms with E-state index < -0.39 is 9.84 Å². The molecule has 1 aromatic carbocycles. The first-order valence-corrected chi connectivity index (χ1v) is 7.22. The fourth-order valence-electron chi connectivity index (χ4n) is 1.44. The molecule has 1 aromatic heterocycles. The molecular weight excluding hydrogens is 266 g/mol. The number of nitrogens with one attached hydrogen (secondary N) is 1. The number of rotatable bonds is 4. The Morgan fingerprint density at radius 3 is 2.42 bits per heavy atom. The van der Waals surface area contributed by atoms with Gasteiger partial charge in [0.25, 0.3) is 0 Å². The topological polar surface area (TPSA) is 89.0 Å². The first kappa shape index (κ1) is 13.2. The van der Waals surface area contributed by atoms with Crippen LogP contribution in [-0.4, -0.2) is 30.9 Å². The van der Waals surface area contributed by atoms with Crippen LogP contribution in [0, 0.1) is 0 Å². The van der Waals surface area contributed by atoms with Crippen LogP contribution in [0.2, 0.25) is 0 Å². The minimum atomic E-state index is -3.20. The number of carbonyl (C=O) groups excluding carboxylic acids is 1. The summed E-state index contributed by atoms with van der Waals surface area (Å²) in [6.45, 7) is 0. The number of nitrogens with zero attached hydrogens (tertiary/aromatic N) is 2. The lowest BCUT2D eigenvalue weighted by molar-refractivity contribution is 0.111. The van der Waals surface area contributed by atoms with E-state index in [1.54, 1.807) is 12.1 Å². The average Bonchev–Trinajstić information content (AvgIpc) is 2.38. The Labute approximate surface area is 110 Å². The van der Waals surface area contributed by atoms with E-state index in [1.165, 1.54) is 24.5 Å². The molecule has 0 spiro atoms. The fraction of sp³-hybridized carbons (Fsp3) is 0.0833. The molecule has 19 heavy (non-hydrogen) atoms. The minimum absolute atomic E-state index is 0.245. The molecule has 7 heteroatoms. The van der Waals surface area contributed by atoms with E-state index in [2.05, 4.69) is 15.3 Å².